The first kappa shape index (κ1) is 21.2. The van der Waals surface area contributed by atoms with Gasteiger partial charge in [-0.15, -0.1) is 0 Å². The van der Waals surface area contributed by atoms with Gasteiger partial charge in [-0.3, -0.25) is 4.79 Å². The largest absolute Gasteiger partial charge is 0.492 e. The van der Waals surface area contributed by atoms with Crippen LogP contribution >= 0.6 is 0 Å². The van der Waals surface area contributed by atoms with Gasteiger partial charge >= 0.3 is 5.97 Å². The highest BCUT2D eigenvalue weighted by Crippen LogP contribution is 2.43. The summed E-state index contributed by atoms with van der Waals surface area (Å²) in [5, 5.41) is 0. The Bertz CT molecular complexity index is 1210. The van der Waals surface area contributed by atoms with Gasteiger partial charge in [-0.1, -0.05) is 24.3 Å². The third-order valence-electron chi connectivity index (χ3n) is 6.33. The Kier molecular flexibility index (Phi) is 5.62. The van der Waals surface area contributed by atoms with Crippen molar-refractivity contribution in [2.45, 2.75) is 31.3 Å². The Morgan fingerprint density at radius 2 is 2.03 bits per heavy atom. The van der Waals surface area contributed by atoms with Crippen LogP contribution in [0.4, 0.5) is 4.39 Å². The van der Waals surface area contributed by atoms with Gasteiger partial charge in [0.05, 0.1) is 33.4 Å². The van der Waals surface area contributed by atoms with Crippen LogP contribution in [-0.2, 0) is 16.0 Å². The highest BCUT2D eigenvalue weighted by molar-refractivity contribution is 5.72. The quantitative estimate of drug-likeness (QED) is 0.494. The number of hydrogen-bond acceptors (Lipinski definition) is 6. The van der Waals surface area contributed by atoms with Crippen molar-refractivity contribution >= 4 is 5.97 Å². The van der Waals surface area contributed by atoms with E-state index >= 15 is 0 Å². The van der Waals surface area contributed by atoms with E-state index in [1.807, 2.05) is 36.4 Å². The van der Waals surface area contributed by atoms with Crippen molar-refractivity contribution < 1.29 is 28.1 Å². The number of esters is 1. The lowest BCUT2D eigenvalue weighted by Crippen LogP contribution is -2.09. The molecule has 0 spiro atoms. The molecule has 0 bridgehead atoms. The molecule has 170 valence electrons. The maximum atomic E-state index is 14.6. The number of benzene rings is 2. The average molecular weight is 449 g/mol. The SMILES string of the molecule is COC(=O)C[C@@H]1COc2cc(O[C@@H]3CCc4c(-c5cc(OC)ncc5F)cccc43)ccc21. The molecule has 2 atom stereocenters. The molecular formula is C26H24FNO5. The van der Waals surface area contributed by atoms with E-state index in [0.29, 0.717) is 30.2 Å². The molecule has 1 aliphatic carbocycles. The second-order valence-electron chi connectivity index (χ2n) is 8.21. The molecule has 6 nitrogen and oxygen atoms in total. The number of methoxy groups -OCH3 is 2. The van der Waals surface area contributed by atoms with E-state index in [1.54, 1.807) is 6.07 Å². The van der Waals surface area contributed by atoms with Crippen LogP contribution in [-0.4, -0.2) is 31.8 Å². The minimum atomic E-state index is -0.383. The Labute approximate surface area is 191 Å². The Hall–Kier alpha value is -3.61. The van der Waals surface area contributed by atoms with Crippen molar-refractivity contribution in [1.29, 1.82) is 0 Å². The fourth-order valence-corrected chi connectivity index (χ4v) is 4.68. The van der Waals surface area contributed by atoms with Crippen LogP contribution in [0.1, 0.15) is 41.6 Å². The summed E-state index contributed by atoms with van der Waals surface area (Å²) in [6.45, 7) is 0.449. The Balaban J connectivity index is 1.39. The zero-order valence-electron chi connectivity index (χ0n) is 18.5. The second-order valence-corrected chi connectivity index (χ2v) is 8.21. The first-order chi connectivity index (χ1) is 16.1. The van der Waals surface area contributed by atoms with Crippen molar-refractivity contribution in [1.82, 2.24) is 4.98 Å². The molecule has 3 aromatic rings. The van der Waals surface area contributed by atoms with Crippen molar-refractivity contribution in [2.24, 2.45) is 0 Å². The number of pyridine rings is 1. The maximum absolute atomic E-state index is 14.6. The zero-order valence-corrected chi connectivity index (χ0v) is 18.5. The summed E-state index contributed by atoms with van der Waals surface area (Å²) in [6.07, 6.45) is 2.91. The molecule has 0 N–H and O–H groups in total. The fraction of sp³-hybridized carbons (Fsp3) is 0.308. The topological polar surface area (TPSA) is 66.9 Å². The minimum absolute atomic E-state index is 0.0106. The summed E-state index contributed by atoms with van der Waals surface area (Å²) in [4.78, 5) is 15.6. The monoisotopic (exact) mass is 449 g/mol. The first-order valence-corrected chi connectivity index (χ1v) is 10.9. The average Bonchev–Trinajstić information content (AvgIpc) is 3.43. The number of nitrogens with zero attached hydrogens (tertiary/aromatic N) is 1. The van der Waals surface area contributed by atoms with Gasteiger partial charge < -0.3 is 18.9 Å². The van der Waals surface area contributed by atoms with Crippen LogP contribution < -0.4 is 14.2 Å². The van der Waals surface area contributed by atoms with Gasteiger partial charge in [0.25, 0.3) is 0 Å². The third-order valence-corrected chi connectivity index (χ3v) is 6.33. The van der Waals surface area contributed by atoms with Crippen molar-refractivity contribution in [3.05, 3.63) is 71.2 Å². The number of ether oxygens (including phenoxy) is 4. The van der Waals surface area contributed by atoms with E-state index in [2.05, 4.69) is 4.98 Å². The van der Waals surface area contributed by atoms with Crippen LogP contribution in [0.2, 0.25) is 0 Å². The number of aromatic nitrogens is 1. The maximum Gasteiger partial charge on any atom is 0.306 e. The lowest BCUT2D eigenvalue weighted by atomic mass is 9.97. The highest BCUT2D eigenvalue weighted by Gasteiger charge is 2.30. The summed E-state index contributed by atoms with van der Waals surface area (Å²) >= 11 is 0. The predicted octanol–water partition coefficient (Wildman–Crippen LogP) is 5.00. The van der Waals surface area contributed by atoms with Crippen LogP contribution in [0.5, 0.6) is 17.4 Å². The molecular weight excluding hydrogens is 425 g/mol. The zero-order chi connectivity index (χ0) is 22.9. The van der Waals surface area contributed by atoms with Crippen LogP contribution in [0.3, 0.4) is 0 Å². The van der Waals surface area contributed by atoms with Gasteiger partial charge in [0.15, 0.2) is 0 Å². The van der Waals surface area contributed by atoms with Crippen molar-refractivity contribution in [3.63, 3.8) is 0 Å². The Morgan fingerprint density at radius 1 is 1.15 bits per heavy atom. The van der Waals surface area contributed by atoms with Crippen LogP contribution in [0.25, 0.3) is 11.1 Å². The van der Waals surface area contributed by atoms with Gasteiger partial charge in [0.2, 0.25) is 5.88 Å². The van der Waals surface area contributed by atoms with Crippen molar-refractivity contribution in [2.75, 3.05) is 20.8 Å². The lowest BCUT2D eigenvalue weighted by molar-refractivity contribution is -0.141. The van der Waals surface area contributed by atoms with Gasteiger partial charge in [-0.2, -0.15) is 0 Å². The molecule has 0 saturated heterocycles. The normalized spacial score (nSPS) is 18.3. The standard InChI is InChI=1S/C26H24FNO5/c1-30-25-12-21(22(27)13-28-25)18-4-3-5-20-19(18)8-9-23(20)33-16-6-7-17-15(10-26(29)31-2)14-32-24(17)11-16/h3-7,11-13,15,23H,8-10,14H2,1-2H3/t15-,23-/m1/s1. The second kappa shape index (κ2) is 8.73. The number of hydrogen-bond donors (Lipinski definition) is 0. The molecule has 0 radical (unpaired) electrons. The van der Waals surface area contributed by atoms with Gasteiger partial charge in [0, 0.05) is 29.2 Å². The highest BCUT2D eigenvalue weighted by atomic mass is 19.1. The lowest BCUT2D eigenvalue weighted by Gasteiger charge is -2.17. The molecule has 0 fully saturated rings. The molecule has 0 unspecified atom stereocenters. The number of rotatable bonds is 6. The summed E-state index contributed by atoms with van der Waals surface area (Å²) < 4.78 is 36.7. The molecule has 0 amide bonds. The summed E-state index contributed by atoms with van der Waals surface area (Å²) in [7, 11) is 2.90. The molecule has 2 aliphatic rings. The summed E-state index contributed by atoms with van der Waals surface area (Å²) in [5.74, 6) is 1.16. The van der Waals surface area contributed by atoms with E-state index in [0.717, 1.165) is 40.8 Å². The Morgan fingerprint density at radius 3 is 2.85 bits per heavy atom. The molecule has 2 aromatic carbocycles. The number of fused-ring (bicyclic) bond motifs is 2. The van der Waals surface area contributed by atoms with Gasteiger partial charge in [0.1, 0.15) is 23.4 Å². The molecule has 1 aliphatic heterocycles. The molecule has 5 rings (SSSR count). The van der Waals surface area contributed by atoms with E-state index in [-0.39, 0.29) is 23.8 Å². The molecule has 33 heavy (non-hydrogen) atoms. The third kappa shape index (κ3) is 3.99. The van der Waals surface area contributed by atoms with Crippen LogP contribution in [0.15, 0.2) is 48.7 Å². The van der Waals surface area contributed by atoms with Gasteiger partial charge in [-0.25, -0.2) is 9.37 Å². The van der Waals surface area contributed by atoms with Crippen molar-refractivity contribution in [3.8, 4) is 28.5 Å². The van der Waals surface area contributed by atoms with Crippen LogP contribution in [0, 0.1) is 5.82 Å². The minimum Gasteiger partial charge on any atom is -0.492 e. The number of carbonyl (C=O) groups excluding carboxylic acids is 1. The molecule has 1 aromatic heterocycles. The first-order valence-electron chi connectivity index (χ1n) is 10.9. The molecule has 7 heteroatoms. The molecule has 0 saturated carbocycles. The molecule has 2 heterocycles. The summed E-state index contributed by atoms with van der Waals surface area (Å²) in [5.41, 5.74) is 4.42. The van der Waals surface area contributed by atoms with Gasteiger partial charge in [-0.05, 0) is 35.6 Å². The smallest absolute Gasteiger partial charge is 0.306 e. The fourth-order valence-electron chi connectivity index (χ4n) is 4.68. The number of halogens is 1. The van der Waals surface area contributed by atoms with E-state index in [9.17, 15) is 9.18 Å². The number of carbonyl (C=O) groups is 1. The van der Waals surface area contributed by atoms with E-state index < -0.39 is 0 Å². The summed E-state index contributed by atoms with van der Waals surface area (Å²) in [6, 6.07) is 13.2. The van der Waals surface area contributed by atoms with E-state index in [1.165, 1.54) is 20.4 Å². The predicted molar refractivity (Wildman–Crippen MR) is 119 cm³/mol. The van der Waals surface area contributed by atoms with E-state index in [4.69, 9.17) is 18.9 Å².